The number of alkyl halides is 4. The van der Waals surface area contributed by atoms with Crippen LogP contribution in [0.3, 0.4) is 0 Å². The van der Waals surface area contributed by atoms with Gasteiger partial charge in [-0.05, 0) is 103 Å². The van der Waals surface area contributed by atoms with Crippen molar-refractivity contribution in [3.05, 3.63) is 168 Å². The number of halogens is 6. The number of amides is 5. The molecule has 6 aromatic carbocycles. The van der Waals surface area contributed by atoms with Crippen LogP contribution in [0, 0.1) is 11.6 Å². The van der Waals surface area contributed by atoms with Gasteiger partial charge in [0, 0.05) is 111 Å². The van der Waals surface area contributed by atoms with Gasteiger partial charge in [0.15, 0.2) is 5.78 Å². The van der Waals surface area contributed by atoms with Gasteiger partial charge in [0.2, 0.25) is 5.89 Å². The number of nitrogens with one attached hydrogen (secondary N) is 1. The van der Waals surface area contributed by atoms with Crippen molar-refractivity contribution in [1.29, 1.82) is 0 Å². The minimum atomic E-state index is -3.26. The van der Waals surface area contributed by atoms with Gasteiger partial charge in [-0.1, -0.05) is 54.6 Å². The average Bonchev–Trinajstić information content (AvgIpc) is 4.19. The number of carbonyl (C=O) groups is 4. The average molecular weight is 1170 g/mol. The Morgan fingerprint density at radius 3 is 1.48 bits per heavy atom. The third-order valence-corrected chi connectivity index (χ3v) is 15.1. The standard InChI is InChI=1S/C31H31F3N6O3.C30H28F3N7O2/c1-37-10-12-39(13-11-37)31(43)40(19-23-7-6-22(16-26(23)32)28(41)18-35-30(42)29(33)34)25-5-3-4-20(15-25)21-8-9-27-24(14-21)17-36-38(27)2;1-37-10-12-39(13-11-37)30(41)40(18-22-7-6-21(16-25(22)31)28-35-36-29(42-28)27(32)33)24-5-3-4-19(15-24)20-8-9-26-23(14-20)17-34-38(26)2/h3-9,14-17,29H,10-13,18-19H2,1-2H3,(H,35,42);3-9,14-17,27H,10-13,18H2,1-2H3. The maximum absolute atomic E-state index is 15.4. The van der Waals surface area contributed by atoms with Crippen molar-refractivity contribution in [3.63, 3.8) is 0 Å². The zero-order valence-corrected chi connectivity index (χ0v) is 46.8. The third-order valence-electron chi connectivity index (χ3n) is 15.1. The van der Waals surface area contributed by atoms with Gasteiger partial charge in [0.25, 0.3) is 11.8 Å². The molecule has 2 aliphatic rings. The minimum Gasteiger partial charge on any atom is -0.415 e. The molecular weight excluding hydrogens is 1110 g/mol. The molecule has 0 aliphatic carbocycles. The van der Waals surface area contributed by atoms with Gasteiger partial charge in [-0.2, -0.15) is 27.8 Å². The Balaban J connectivity index is 0.000000189. The molecule has 0 unspecified atom stereocenters. The van der Waals surface area contributed by atoms with Crippen LogP contribution in [0.4, 0.5) is 47.3 Å². The topological polar surface area (TPSA) is 174 Å². The van der Waals surface area contributed by atoms with Crippen molar-refractivity contribution in [1.82, 2.24) is 54.7 Å². The fourth-order valence-electron chi connectivity index (χ4n) is 10.1. The molecule has 0 radical (unpaired) electrons. The molecule has 5 amide bonds. The summed E-state index contributed by atoms with van der Waals surface area (Å²) in [5.41, 5.74) is 7.34. The van der Waals surface area contributed by atoms with Crippen LogP contribution in [-0.2, 0) is 32.0 Å². The van der Waals surface area contributed by atoms with Crippen LogP contribution in [0.15, 0.2) is 138 Å². The first kappa shape index (κ1) is 58.8. The number of rotatable bonds is 14. The number of anilines is 2. The van der Waals surface area contributed by atoms with E-state index in [0.717, 1.165) is 69.3 Å². The highest BCUT2D eigenvalue weighted by Crippen LogP contribution is 2.33. The summed E-state index contributed by atoms with van der Waals surface area (Å²) in [6, 6.07) is 34.5. The molecule has 0 saturated carbocycles. The molecule has 18 nitrogen and oxygen atoms in total. The van der Waals surface area contributed by atoms with Crippen molar-refractivity contribution in [2.75, 3.05) is 82.8 Å². The van der Waals surface area contributed by atoms with Gasteiger partial charge in [-0.15, -0.1) is 10.2 Å². The first-order valence-corrected chi connectivity index (χ1v) is 27.2. The molecule has 1 N–H and O–H groups in total. The lowest BCUT2D eigenvalue weighted by molar-refractivity contribution is -0.131. The zero-order chi connectivity index (χ0) is 60.1. The van der Waals surface area contributed by atoms with E-state index >= 15 is 8.78 Å². The predicted octanol–water partition coefficient (Wildman–Crippen LogP) is 10.1. The second-order valence-corrected chi connectivity index (χ2v) is 20.8. The van der Waals surface area contributed by atoms with Gasteiger partial charge >= 0.3 is 24.9 Å². The number of benzene rings is 6. The second-order valence-electron chi connectivity index (χ2n) is 20.8. The molecule has 2 fully saturated rings. The fraction of sp³-hybridized carbons (Fsp3) is 0.279. The van der Waals surface area contributed by atoms with E-state index in [-0.39, 0.29) is 53.3 Å². The Labute approximate surface area is 484 Å². The maximum Gasteiger partial charge on any atom is 0.324 e. The summed E-state index contributed by atoms with van der Waals surface area (Å²) in [5, 5.41) is 19.3. The molecule has 440 valence electrons. The van der Waals surface area contributed by atoms with Gasteiger partial charge in [0.05, 0.1) is 43.1 Å². The molecule has 2 saturated heterocycles. The van der Waals surface area contributed by atoms with Crippen molar-refractivity contribution >= 4 is 56.9 Å². The number of aryl methyl sites for hydroxylation is 2. The molecule has 0 bridgehead atoms. The fourth-order valence-corrected chi connectivity index (χ4v) is 10.1. The van der Waals surface area contributed by atoms with E-state index in [1.54, 1.807) is 37.8 Å². The number of nitrogens with zero attached hydrogens (tertiary/aromatic N) is 12. The number of urea groups is 2. The van der Waals surface area contributed by atoms with E-state index in [4.69, 9.17) is 4.42 Å². The largest absolute Gasteiger partial charge is 0.415 e. The molecule has 9 aromatic rings. The summed E-state index contributed by atoms with van der Waals surface area (Å²) in [4.78, 5) is 62.1. The molecular formula is C61H59F6N13O5. The van der Waals surface area contributed by atoms with Gasteiger partial charge in [-0.25, -0.2) is 18.4 Å². The first-order chi connectivity index (χ1) is 40.9. The van der Waals surface area contributed by atoms with Crippen LogP contribution in [0.25, 0.3) is 55.5 Å². The summed E-state index contributed by atoms with van der Waals surface area (Å²) in [6.07, 6.45) is -2.59. The number of carbonyl (C=O) groups excluding carboxylic acids is 4. The van der Waals surface area contributed by atoms with Crippen LogP contribution in [0.5, 0.6) is 0 Å². The predicted molar refractivity (Wildman–Crippen MR) is 308 cm³/mol. The summed E-state index contributed by atoms with van der Waals surface area (Å²) in [5.74, 6) is -4.70. The highest BCUT2D eigenvalue weighted by atomic mass is 19.3. The van der Waals surface area contributed by atoms with Crippen LogP contribution in [-0.4, -0.2) is 153 Å². The SMILES string of the molecule is CN1CCN(C(=O)N(Cc2ccc(-c3nnc(C(F)F)o3)cc2F)c2cccc(-c3ccc4c(cnn4C)c3)c2)CC1.CN1CCN(C(=O)N(Cc2ccc(C(=O)CNC(=O)C(F)F)cc2F)c2cccc(-c3ccc4c(cnn4C)c3)c2)CC1. The lowest BCUT2D eigenvalue weighted by atomic mass is 10.0. The molecule has 24 heteroatoms. The van der Waals surface area contributed by atoms with Crippen LogP contribution < -0.4 is 15.1 Å². The molecule has 0 atom stereocenters. The lowest BCUT2D eigenvalue weighted by Crippen LogP contribution is -2.52. The van der Waals surface area contributed by atoms with Crippen LogP contribution in [0.1, 0.15) is 33.8 Å². The molecule has 2 aliphatic heterocycles. The van der Waals surface area contributed by atoms with E-state index in [9.17, 15) is 36.7 Å². The molecule has 11 rings (SSSR count). The number of aromatic nitrogens is 6. The molecule has 85 heavy (non-hydrogen) atoms. The second kappa shape index (κ2) is 25.6. The maximum atomic E-state index is 15.4. The summed E-state index contributed by atoms with van der Waals surface area (Å²) in [7, 11) is 7.75. The summed E-state index contributed by atoms with van der Waals surface area (Å²) in [6.45, 7) is 4.17. The third kappa shape index (κ3) is 13.5. The highest BCUT2D eigenvalue weighted by molar-refractivity contribution is 6.00. The monoisotopic (exact) mass is 1170 g/mol. The van der Waals surface area contributed by atoms with E-state index in [1.807, 2.05) is 117 Å². The number of piperazine rings is 2. The van der Waals surface area contributed by atoms with Crippen molar-refractivity contribution < 1.29 is 49.9 Å². The quantitative estimate of drug-likeness (QED) is 0.0811. The summed E-state index contributed by atoms with van der Waals surface area (Å²) >= 11 is 0. The number of likely N-dealkylation sites (N-methyl/N-ethyl adjacent to an activating group) is 2. The Kier molecular flexibility index (Phi) is 17.7. The first-order valence-electron chi connectivity index (χ1n) is 27.2. The van der Waals surface area contributed by atoms with E-state index < -0.39 is 48.6 Å². The summed E-state index contributed by atoms with van der Waals surface area (Å²) < 4.78 is 90.0. The zero-order valence-electron chi connectivity index (χ0n) is 46.8. The van der Waals surface area contributed by atoms with E-state index in [2.05, 4.69) is 30.2 Å². The Morgan fingerprint density at radius 2 is 1.02 bits per heavy atom. The number of hydrogen-bond donors (Lipinski definition) is 1. The van der Waals surface area contributed by atoms with Crippen molar-refractivity contribution in [2.45, 2.75) is 25.9 Å². The van der Waals surface area contributed by atoms with E-state index in [0.29, 0.717) is 50.6 Å². The minimum absolute atomic E-state index is 0.0471. The van der Waals surface area contributed by atoms with Gasteiger partial charge < -0.3 is 29.3 Å². The highest BCUT2D eigenvalue weighted by Gasteiger charge is 2.29. The van der Waals surface area contributed by atoms with E-state index in [1.165, 1.54) is 29.2 Å². The Hall–Kier alpha value is -9.42. The Bertz CT molecular complexity index is 3910. The molecule has 5 heterocycles. The van der Waals surface area contributed by atoms with Crippen LogP contribution >= 0.6 is 0 Å². The number of Topliss-reactive ketones (excluding diaryl/α,β-unsaturated/α-hetero) is 1. The number of hydrogen-bond acceptors (Lipinski definition) is 11. The number of fused-ring (bicyclic) bond motifs is 2. The molecule has 3 aromatic heterocycles. The Morgan fingerprint density at radius 1 is 0.553 bits per heavy atom. The van der Waals surface area contributed by atoms with Crippen molar-refractivity contribution in [3.8, 4) is 33.7 Å². The van der Waals surface area contributed by atoms with Gasteiger partial charge in [0.1, 0.15) is 11.6 Å². The lowest BCUT2D eigenvalue weighted by Gasteiger charge is -2.36. The number of ketones is 1. The van der Waals surface area contributed by atoms with Gasteiger partial charge in [-0.3, -0.25) is 28.8 Å². The smallest absolute Gasteiger partial charge is 0.324 e. The van der Waals surface area contributed by atoms with Crippen LogP contribution in [0.2, 0.25) is 0 Å². The normalized spacial score (nSPS) is 14.0. The molecule has 0 spiro atoms. The van der Waals surface area contributed by atoms with Crippen molar-refractivity contribution in [2.24, 2.45) is 14.1 Å².